The molecule has 1 saturated carbocycles. The molecule has 6 nitrogen and oxygen atoms in total. The van der Waals surface area contributed by atoms with Gasteiger partial charge in [-0.25, -0.2) is 9.38 Å². The van der Waals surface area contributed by atoms with Gasteiger partial charge in [-0.2, -0.15) is 5.10 Å². The second kappa shape index (κ2) is 16.0. The summed E-state index contributed by atoms with van der Waals surface area (Å²) in [7, 11) is 1.00. The molecule has 1 fully saturated rings. The number of rotatable bonds is 7. The topological polar surface area (TPSA) is 100 Å². The van der Waals surface area contributed by atoms with Crippen molar-refractivity contribution < 1.29 is 14.3 Å². The van der Waals surface area contributed by atoms with Crippen molar-refractivity contribution in [3.8, 4) is 0 Å². The van der Waals surface area contributed by atoms with Crippen molar-refractivity contribution in [3.63, 3.8) is 0 Å². The Labute approximate surface area is 187 Å². The van der Waals surface area contributed by atoms with Crippen LogP contribution >= 0.6 is 11.8 Å². The lowest BCUT2D eigenvalue weighted by molar-refractivity contribution is -0.117. The molecule has 1 amide bonds. The number of nitrogens with zero attached hydrogens (tertiary/aromatic N) is 2. The minimum Gasteiger partial charge on any atom is -0.400 e. The SMILES string of the molecule is C1CC1.CO.Cc1ccc(N=C(N/N=C/CCC(N)=O)SCc2cccc(F)c2)cc1. The molecular formula is C23H31FN4O2S. The van der Waals surface area contributed by atoms with Crippen molar-refractivity contribution in [2.24, 2.45) is 15.8 Å². The van der Waals surface area contributed by atoms with Crippen LogP contribution in [0, 0.1) is 12.7 Å². The number of thioether (sulfide) groups is 1. The van der Waals surface area contributed by atoms with Gasteiger partial charge in [0.25, 0.3) is 0 Å². The number of hydrogen-bond donors (Lipinski definition) is 3. The number of nitrogens with two attached hydrogens (primary N) is 1. The lowest BCUT2D eigenvalue weighted by Gasteiger charge is -2.06. The third-order valence-corrected chi connectivity index (χ3v) is 4.59. The summed E-state index contributed by atoms with van der Waals surface area (Å²) in [6.45, 7) is 2.01. The molecule has 168 valence electrons. The van der Waals surface area contributed by atoms with E-state index in [4.69, 9.17) is 10.8 Å². The molecule has 0 aromatic heterocycles. The Morgan fingerprint density at radius 1 is 1.19 bits per heavy atom. The number of hydrazone groups is 1. The molecule has 31 heavy (non-hydrogen) atoms. The number of amidine groups is 1. The number of aryl methyl sites for hydroxylation is 1. The minimum atomic E-state index is -0.370. The van der Waals surface area contributed by atoms with Gasteiger partial charge in [-0.3, -0.25) is 10.2 Å². The molecule has 0 atom stereocenters. The first kappa shape index (κ1) is 26.3. The largest absolute Gasteiger partial charge is 0.400 e. The number of nitrogens with one attached hydrogen (secondary N) is 1. The number of halogens is 1. The third-order valence-electron chi connectivity index (χ3n) is 3.65. The summed E-state index contributed by atoms with van der Waals surface area (Å²) in [5, 5.41) is 11.7. The third kappa shape index (κ3) is 14.0. The summed E-state index contributed by atoms with van der Waals surface area (Å²) in [5.74, 6) is -0.0882. The summed E-state index contributed by atoms with van der Waals surface area (Å²) >= 11 is 1.41. The summed E-state index contributed by atoms with van der Waals surface area (Å²) < 4.78 is 13.3. The molecular weight excluding hydrogens is 415 g/mol. The Morgan fingerprint density at radius 3 is 2.45 bits per heavy atom. The molecule has 0 radical (unpaired) electrons. The fraction of sp³-hybridized carbons (Fsp3) is 0.348. The van der Waals surface area contributed by atoms with Gasteiger partial charge in [-0.05, 0) is 43.2 Å². The molecule has 0 spiro atoms. The lowest BCUT2D eigenvalue weighted by atomic mass is 10.2. The van der Waals surface area contributed by atoms with Gasteiger partial charge in [-0.15, -0.1) is 0 Å². The number of amides is 1. The van der Waals surface area contributed by atoms with Gasteiger partial charge in [-0.1, -0.05) is 60.9 Å². The van der Waals surface area contributed by atoms with Gasteiger partial charge in [0.05, 0.1) is 5.69 Å². The van der Waals surface area contributed by atoms with E-state index in [0.717, 1.165) is 23.9 Å². The number of aliphatic imine (C=N–C) groups is 1. The van der Waals surface area contributed by atoms with Crippen LogP contribution in [0.5, 0.6) is 0 Å². The summed E-state index contributed by atoms with van der Waals surface area (Å²) in [5.41, 5.74) is 10.8. The number of carbonyl (C=O) groups excluding carboxylic acids is 1. The van der Waals surface area contributed by atoms with E-state index in [1.165, 1.54) is 43.2 Å². The highest BCUT2D eigenvalue weighted by atomic mass is 32.2. The van der Waals surface area contributed by atoms with Gasteiger partial charge in [0.15, 0.2) is 5.17 Å². The van der Waals surface area contributed by atoms with Crippen molar-refractivity contribution in [2.75, 3.05) is 7.11 Å². The van der Waals surface area contributed by atoms with Crippen molar-refractivity contribution >= 4 is 34.7 Å². The lowest BCUT2D eigenvalue weighted by Crippen LogP contribution is -2.15. The van der Waals surface area contributed by atoms with Crippen LogP contribution in [-0.2, 0) is 10.5 Å². The van der Waals surface area contributed by atoms with Gasteiger partial charge >= 0.3 is 0 Å². The Kier molecular flexibility index (Phi) is 13.6. The molecule has 2 aromatic carbocycles. The number of aliphatic hydroxyl groups is 1. The molecule has 8 heteroatoms. The van der Waals surface area contributed by atoms with Gasteiger partial charge in [0.1, 0.15) is 5.82 Å². The normalized spacial score (nSPS) is 12.3. The average molecular weight is 447 g/mol. The Bertz CT molecular complexity index is 837. The van der Waals surface area contributed by atoms with E-state index >= 15 is 0 Å². The van der Waals surface area contributed by atoms with Gasteiger partial charge in [0, 0.05) is 25.5 Å². The highest BCUT2D eigenvalue weighted by molar-refractivity contribution is 8.13. The van der Waals surface area contributed by atoms with Crippen LogP contribution in [0.3, 0.4) is 0 Å². The first-order valence-electron chi connectivity index (χ1n) is 10.1. The van der Waals surface area contributed by atoms with Crippen LogP contribution in [0.25, 0.3) is 0 Å². The van der Waals surface area contributed by atoms with Crippen LogP contribution in [0.15, 0.2) is 58.6 Å². The Morgan fingerprint density at radius 2 is 1.87 bits per heavy atom. The molecule has 0 heterocycles. The minimum absolute atomic E-state index is 0.242. The fourth-order valence-corrected chi connectivity index (χ4v) is 2.75. The summed E-state index contributed by atoms with van der Waals surface area (Å²) in [4.78, 5) is 15.3. The quantitative estimate of drug-likeness (QED) is 0.327. The molecule has 2 aromatic rings. The van der Waals surface area contributed by atoms with Crippen LogP contribution in [0.4, 0.5) is 10.1 Å². The highest BCUT2D eigenvalue weighted by Gasteiger charge is 2.03. The summed E-state index contributed by atoms with van der Waals surface area (Å²) in [6, 6.07) is 14.2. The predicted octanol–water partition coefficient (Wildman–Crippen LogP) is 4.67. The predicted molar refractivity (Wildman–Crippen MR) is 128 cm³/mol. The van der Waals surface area contributed by atoms with E-state index < -0.39 is 0 Å². The molecule has 0 unspecified atom stereocenters. The number of aliphatic hydroxyl groups excluding tert-OH is 1. The van der Waals surface area contributed by atoms with Crippen LogP contribution in [0.2, 0.25) is 0 Å². The molecule has 0 saturated heterocycles. The smallest absolute Gasteiger partial charge is 0.217 e. The molecule has 4 N–H and O–H groups in total. The van der Waals surface area contributed by atoms with Crippen LogP contribution in [0.1, 0.15) is 43.2 Å². The standard InChI is InChI=1S/C19H21FN4OS.C3H6.CH4O/c1-14-7-9-17(10-8-14)23-19(24-22-11-3-6-18(21)25)26-13-15-4-2-5-16(20)12-15;1-2-3-1;1-2/h2,4-5,7-12H,3,6,13H2,1H3,(H2,21,25)(H,23,24);1-3H2;2H,1H3/b22-11+;;. The van der Waals surface area contributed by atoms with Crippen LogP contribution in [-0.4, -0.2) is 29.5 Å². The number of carbonyl (C=O) groups is 1. The van der Waals surface area contributed by atoms with E-state index in [1.54, 1.807) is 12.3 Å². The van der Waals surface area contributed by atoms with Crippen LogP contribution < -0.4 is 11.2 Å². The molecule has 0 bridgehead atoms. The molecule has 1 aliphatic rings. The zero-order valence-electron chi connectivity index (χ0n) is 18.1. The van der Waals surface area contributed by atoms with Crippen molar-refractivity contribution in [3.05, 3.63) is 65.5 Å². The highest BCUT2D eigenvalue weighted by Crippen LogP contribution is 2.19. The Balaban J connectivity index is 0.000000859. The van der Waals surface area contributed by atoms with E-state index in [9.17, 15) is 9.18 Å². The van der Waals surface area contributed by atoms with Crippen molar-refractivity contribution in [1.82, 2.24) is 5.43 Å². The monoisotopic (exact) mass is 446 g/mol. The second-order valence-electron chi connectivity index (χ2n) is 6.66. The van der Waals surface area contributed by atoms with Crippen molar-refractivity contribution in [1.29, 1.82) is 0 Å². The molecule has 3 rings (SSSR count). The average Bonchev–Trinajstić information content (AvgIpc) is 3.64. The van der Waals surface area contributed by atoms with Crippen molar-refractivity contribution in [2.45, 2.75) is 44.8 Å². The van der Waals surface area contributed by atoms with E-state index in [1.807, 2.05) is 37.3 Å². The zero-order valence-corrected chi connectivity index (χ0v) is 18.9. The van der Waals surface area contributed by atoms with Gasteiger partial charge < -0.3 is 10.8 Å². The Hall–Kier alpha value is -2.71. The van der Waals surface area contributed by atoms with Gasteiger partial charge in [0.2, 0.25) is 5.91 Å². The second-order valence-corrected chi connectivity index (χ2v) is 7.62. The summed E-state index contributed by atoms with van der Waals surface area (Å²) in [6.07, 6.45) is 6.78. The maximum absolute atomic E-state index is 13.3. The number of benzene rings is 2. The fourth-order valence-electron chi connectivity index (χ4n) is 1.98. The molecule has 0 aliphatic heterocycles. The maximum Gasteiger partial charge on any atom is 0.217 e. The zero-order chi connectivity index (χ0) is 22.9. The first-order valence-corrected chi connectivity index (χ1v) is 11.0. The van der Waals surface area contributed by atoms with E-state index in [0.29, 0.717) is 17.3 Å². The maximum atomic E-state index is 13.3. The van der Waals surface area contributed by atoms with E-state index in [2.05, 4.69) is 15.5 Å². The number of hydrogen-bond acceptors (Lipinski definition) is 5. The molecule has 1 aliphatic carbocycles. The first-order chi connectivity index (χ1) is 15.0. The number of primary amides is 1. The van der Waals surface area contributed by atoms with E-state index in [-0.39, 0.29) is 18.1 Å².